The van der Waals surface area contributed by atoms with Crippen molar-refractivity contribution in [3.8, 4) is 17.0 Å². The number of rotatable bonds is 5. The second-order valence-electron chi connectivity index (χ2n) is 4.22. The first-order valence-corrected chi connectivity index (χ1v) is 6.91. The Morgan fingerprint density at radius 1 is 1.40 bits per heavy atom. The topological polar surface area (TPSA) is 60.5 Å². The van der Waals surface area contributed by atoms with E-state index in [0.717, 1.165) is 22.6 Å². The second kappa shape index (κ2) is 6.49. The SMILES string of the molecule is COCC(=O)Nc1nc(-c2cc(C)ccc2OC)cs1. The summed E-state index contributed by atoms with van der Waals surface area (Å²) < 4.78 is 10.1. The molecular formula is C14H16N2O3S. The molecule has 1 aromatic heterocycles. The third kappa shape index (κ3) is 3.34. The summed E-state index contributed by atoms with van der Waals surface area (Å²) in [6.07, 6.45) is 0. The van der Waals surface area contributed by atoms with Crippen molar-refractivity contribution in [3.63, 3.8) is 0 Å². The normalized spacial score (nSPS) is 10.3. The zero-order valence-corrected chi connectivity index (χ0v) is 12.4. The molecule has 0 aliphatic carbocycles. The lowest BCUT2D eigenvalue weighted by Gasteiger charge is -2.07. The molecule has 0 bridgehead atoms. The molecule has 0 fully saturated rings. The van der Waals surface area contributed by atoms with Crippen LogP contribution in [0.4, 0.5) is 5.13 Å². The summed E-state index contributed by atoms with van der Waals surface area (Å²) in [5.74, 6) is 0.542. The van der Waals surface area contributed by atoms with Gasteiger partial charge < -0.3 is 9.47 Å². The van der Waals surface area contributed by atoms with E-state index in [2.05, 4.69) is 10.3 Å². The largest absolute Gasteiger partial charge is 0.496 e. The van der Waals surface area contributed by atoms with E-state index in [1.54, 1.807) is 7.11 Å². The Bertz CT molecular complexity index is 610. The van der Waals surface area contributed by atoms with Crippen LogP contribution in [0.15, 0.2) is 23.6 Å². The van der Waals surface area contributed by atoms with Crippen LogP contribution in [0.2, 0.25) is 0 Å². The Labute approximate surface area is 121 Å². The average molecular weight is 292 g/mol. The number of amides is 1. The Kier molecular flexibility index (Phi) is 4.70. The quantitative estimate of drug-likeness (QED) is 0.920. The molecule has 1 N–H and O–H groups in total. The van der Waals surface area contributed by atoms with Crippen molar-refractivity contribution in [3.05, 3.63) is 29.1 Å². The fourth-order valence-corrected chi connectivity index (χ4v) is 2.49. The van der Waals surface area contributed by atoms with Crippen molar-refractivity contribution < 1.29 is 14.3 Å². The van der Waals surface area contributed by atoms with Gasteiger partial charge in [-0.2, -0.15) is 0 Å². The zero-order valence-electron chi connectivity index (χ0n) is 11.6. The highest BCUT2D eigenvalue weighted by molar-refractivity contribution is 7.14. The van der Waals surface area contributed by atoms with Crippen LogP contribution in [0.5, 0.6) is 5.75 Å². The maximum Gasteiger partial charge on any atom is 0.252 e. The molecule has 0 spiro atoms. The molecule has 2 aromatic rings. The molecular weight excluding hydrogens is 276 g/mol. The van der Waals surface area contributed by atoms with E-state index in [1.165, 1.54) is 18.4 Å². The molecule has 5 nitrogen and oxygen atoms in total. The number of ether oxygens (including phenoxy) is 2. The Balaban J connectivity index is 2.24. The molecule has 1 aromatic carbocycles. The molecule has 6 heteroatoms. The van der Waals surface area contributed by atoms with E-state index in [1.807, 2.05) is 30.5 Å². The van der Waals surface area contributed by atoms with Crippen molar-refractivity contribution in [1.82, 2.24) is 4.98 Å². The van der Waals surface area contributed by atoms with E-state index in [4.69, 9.17) is 9.47 Å². The molecule has 0 atom stereocenters. The van der Waals surface area contributed by atoms with Crippen molar-refractivity contribution in [2.75, 3.05) is 26.1 Å². The number of thiazole rings is 1. The van der Waals surface area contributed by atoms with Crippen LogP contribution in [-0.2, 0) is 9.53 Å². The summed E-state index contributed by atoms with van der Waals surface area (Å²) in [7, 11) is 3.10. The number of carbonyl (C=O) groups excluding carboxylic acids is 1. The zero-order chi connectivity index (χ0) is 14.5. The molecule has 0 unspecified atom stereocenters. The smallest absolute Gasteiger partial charge is 0.252 e. The highest BCUT2D eigenvalue weighted by Gasteiger charge is 2.11. The van der Waals surface area contributed by atoms with Crippen LogP contribution in [0, 0.1) is 6.92 Å². The van der Waals surface area contributed by atoms with E-state index >= 15 is 0 Å². The number of carbonyl (C=O) groups is 1. The highest BCUT2D eigenvalue weighted by Crippen LogP contribution is 2.32. The monoisotopic (exact) mass is 292 g/mol. The fraction of sp³-hybridized carbons (Fsp3) is 0.286. The summed E-state index contributed by atoms with van der Waals surface area (Å²) in [6.45, 7) is 2.03. The minimum absolute atomic E-state index is 0.0165. The van der Waals surface area contributed by atoms with Crippen molar-refractivity contribution in [1.29, 1.82) is 0 Å². The molecule has 0 aliphatic heterocycles. The van der Waals surface area contributed by atoms with E-state index in [0.29, 0.717) is 5.13 Å². The van der Waals surface area contributed by atoms with Crippen LogP contribution < -0.4 is 10.1 Å². The Hall–Kier alpha value is -1.92. The molecule has 20 heavy (non-hydrogen) atoms. The standard InChI is InChI=1S/C14H16N2O3S/c1-9-4-5-12(19-3)10(6-9)11-8-20-14(15-11)16-13(17)7-18-2/h4-6,8H,7H2,1-3H3,(H,15,16,17). The summed E-state index contributed by atoms with van der Waals surface area (Å²) in [5, 5.41) is 5.12. The predicted octanol–water partition coefficient (Wildman–Crippen LogP) is 2.71. The number of aromatic nitrogens is 1. The van der Waals surface area contributed by atoms with Gasteiger partial charge in [-0.1, -0.05) is 11.6 Å². The van der Waals surface area contributed by atoms with Gasteiger partial charge in [0.05, 0.1) is 12.8 Å². The number of benzene rings is 1. The highest BCUT2D eigenvalue weighted by atomic mass is 32.1. The summed E-state index contributed by atoms with van der Waals surface area (Å²) in [6, 6.07) is 5.90. The number of hydrogen-bond donors (Lipinski definition) is 1. The van der Waals surface area contributed by atoms with Gasteiger partial charge >= 0.3 is 0 Å². The van der Waals surface area contributed by atoms with Gasteiger partial charge in [-0.3, -0.25) is 10.1 Å². The maximum atomic E-state index is 11.4. The molecule has 1 amide bonds. The van der Waals surface area contributed by atoms with Gasteiger partial charge in [0.2, 0.25) is 0 Å². The lowest BCUT2D eigenvalue weighted by atomic mass is 10.1. The predicted molar refractivity (Wildman–Crippen MR) is 79.3 cm³/mol. The molecule has 0 saturated carbocycles. The van der Waals surface area contributed by atoms with Crippen molar-refractivity contribution in [2.45, 2.75) is 6.92 Å². The first-order valence-electron chi connectivity index (χ1n) is 6.03. The minimum Gasteiger partial charge on any atom is -0.496 e. The fourth-order valence-electron chi connectivity index (χ4n) is 1.76. The molecule has 0 saturated heterocycles. The summed E-state index contributed by atoms with van der Waals surface area (Å²) >= 11 is 1.37. The summed E-state index contributed by atoms with van der Waals surface area (Å²) in [4.78, 5) is 15.8. The average Bonchev–Trinajstić information content (AvgIpc) is 2.87. The molecule has 0 radical (unpaired) electrons. The number of methoxy groups -OCH3 is 2. The van der Waals surface area contributed by atoms with Gasteiger partial charge in [0.15, 0.2) is 5.13 Å². The van der Waals surface area contributed by atoms with Crippen LogP contribution in [0.1, 0.15) is 5.56 Å². The Morgan fingerprint density at radius 3 is 2.90 bits per heavy atom. The maximum absolute atomic E-state index is 11.4. The number of hydrogen-bond acceptors (Lipinski definition) is 5. The molecule has 1 heterocycles. The number of anilines is 1. The van der Waals surface area contributed by atoms with E-state index in [9.17, 15) is 4.79 Å². The Morgan fingerprint density at radius 2 is 2.20 bits per heavy atom. The van der Waals surface area contributed by atoms with Gasteiger partial charge in [0, 0.05) is 18.1 Å². The number of aryl methyl sites for hydroxylation is 1. The van der Waals surface area contributed by atoms with Gasteiger partial charge in [-0.15, -0.1) is 11.3 Å². The summed E-state index contributed by atoms with van der Waals surface area (Å²) in [5.41, 5.74) is 2.82. The van der Waals surface area contributed by atoms with Gasteiger partial charge in [0.1, 0.15) is 12.4 Å². The molecule has 0 aliphatic rings. The third-order valence-corrected chi connectivity index (χ3v) is 3.41. The van der Waals surface area contributed by atoms with Gasteiger partial charge in [-0.05, 0) is 19.1 Å². The lowest BCUT2D eigenvalue weighted by molar-refractivity contribution is -0.119. The second-order valence-corrected chi connectivity index (χ2v) is 5.08. The van der Waals surface area contributed by atoms with E-state index in [-0.39, 0.29) is 12.5 Å². The minimum atomic E-state index is -0.218. The first-order chi connectivity index (χ1) is 9.63. The lowest BCUT2D eigenvalue weighted by Crippen LogP contribution is -2.16. The van der Waals surface area contributed by atoms with Crippen molar-refractivity contribution >= 4 is 22.4 Å². The van der Waals surface area contributed by atoms with Crippen LogP contribution in [-0.4, -0.2) is 31.7 Å². The van der Waals surface area contributed by atoms with Crippen LogP contribution in [0.3, 0.4) is 0 Å². The van der Waals surface area contributed by atoms with E-state index < -0.39 is 0 Å². The first kappa shape index (κ1) is 14.5. The van der Waals surface area contributed by atoms with Crippen LogP contribution >= 0.6 is 11.3 Å². The number of nitrogens with zero attached hydrogens (tertiary/aromatic N) is 1. The molecule has 2 rings (SSSR count). The van der Waals surface area contributed by atoms with Crippen LogP contribution in [0.25, 0.3) is 11.3 Å². The van der Waals surface area contributed by atoms with Gasteiger partial charge in [0.25, 0.3) is 5.91 Å². The molecule has 106 valence electrons. The third-order valence-electron chi connectivity index (χ3n) is 2.66. The van der Waals surface area contributed by atoms with Crippen molar-refractivity contribution in [2.24, 2.45) is 0 Å². The number of nitrogens with one attached hydrogen (secondary N) is 1. The van der Waals surface area contributed by atoms with Gasteiger partial charge in [-0.25, -0.2) is 4.98 Å².